The molecule has 4 rings (SSSR count). The zero-order valence-corrected chi connectivity index (χ0v) is 17.5. The maximum atomic E-state index is 12.2. The van der Waals surface area contributed by atoms with Crippen molar-refractivity contribution in [2.24, 2.45) is 7.05 Å². The summed E-state index contributed by atoms with van der Waals surface area (Å²) in [5.41, 5.74) is 1.46. The molecule has 0 aliphatic carbocycles. The second-order valence-corrected chi connectivity index (χ2v) is 10.3. The number of aliphatic carboxylic acids is 1. The van der Waals surface area contributed by atoms with Crippen molar-refractivity contribution in [2.75, 3.05) is 37.7 Å². The number of aryl methyl sites for hydroxylation is 1. The van der Waals surface area contributed by atoms with E-state index in [4.69, 9.17) is 0 Å². The summed E-state index contributed by atoms with van der Waals surface area (Å²) in [5, 5.41) is 20.0. The summed E-state index contributed by atoms with van der Waals surface area (Å²) in [5.74, 6) is -1.57. The number of fused-ring (bicyclic) bond motifs is 1. The Morgan fingerprint density at radius 3 is 2.40 bits per heavy atom. The molecule has 0 saturated carbocycles. The number of rotatable bonds is 5. The van der Waals surface area contributed by atoms with E-state index in [1.165, 1.54) is 6.07 Å². The van der Waals surface area contributed by atoms with Crippen LogP contribution in [0.4, 0.5) is 0 Å². The minimum absolute atomic E-state index is 0.0208. The van der Waals surface area contributed by atoms with E-state index in [0.717, 1.165) is 5.39 Å². The van der Waals surface area contributed by atoms with Crippen LogP contribution in [0.25, 0.3) is 10.9 Å². The van der Waals surface area contributed by atoms with Gasteiger partial charge in [-0.15, -0.1) is 0 Å². The lowest BCUT2D eigenvalue weighted by atomic mass is 10.0. The van der Waals surface area contributed by atoms with Crippen LogP contribution in [0.1, 0.15) is 28.4 Å². The number of carboxylic acid groups (broad SMARTS) is 2. The summed E-state index contributed by atoms with van der Waals surface area (Å²) in [6.07, 6.45) is 2.39. The number of nitrogens with zero attached hydrogens (tertiary/aromatic N) is 3. The summed E-state index contributed by atoms with van der Waals surface area (Å²) in [4.78, 5) is 27.6. The molecule has 9 nitrogen and oxygen atoms in total. The molecule has 0 spiro atoms. The lowest BCUT2D eigenvalue weighted by Gasteiger charge is -2.40. The van der Waals surface area contributed by atoms with Crippen LogP contribution in [0.15, 0.2) is 24.4 Å². The highest BCUT2D eigenvalue weighted by Crippen LogP contribution is 2.32. The van der Waals surface area contributed by atoms with Crippen LogP contribution in [0.3, 0.4) is 0 Å². The molecule has 2 unspecified atom stereocenters. The Morgan fingerprint density at radius 1 is 1.13 bits per heavy atom. The van der Waals surface area contributed by atoms with Crippen molar-refractivity contribution >= 4 is 32.7 Å². The van der Waals surface area contributed by atoms with Crippen LogP contribution in [0, 0.1) is 0 Å². The van der Waals surface area contributed by atoms with E-state index < -0.39 is 27.8 Å². The van der Waals surface area contributed by atoms with Gasteiger partial charge in [-0.05, 0) is 18.6 Å². The molecule has 1 aromatic heterocycles. The van der Waals surface area contributed by atoms with Crippen LogP contribution >= 0.6 is 0 Å². The topological polar surface area (TPSA) is 120 Å². The molecule has 2 N–H and O–H groups in total. The molecule has 2 saturated heterocycles. The number of aromatic nitrogens is 1. The fourth-order valence-corrected chi connectivity index (χ4v) is 6.44. The second kappa shape index (κ2) is 7.68. The molecule has 1 aromatic carbocycles. The first-order valence-corrected chi connectivity index (χ1v) is 11.7. The highest BCUT2D eigenvalue weighted by molar-refractivity contribution is 7.91. The van der Waals surface area contributed by atoms with Gasteiger partial charge in [0.25, 0.3) is 0 Å². The number of benzene rings is 1. The molecule has 0 radical (unpaired) electrons. The van der Waals surface area contributed by atoms with Gasteiger partial charge in [0.15, 0.2) is 9.84 Å². The summed E-state index contributed by atoms with van der Waals surface area (Å²) < 4.78 is 25.3. The third kappa shape index (κ3) is 3.82. The fraction of sp³-hybridized carbons (Fsp3) is 0.500. The van der Waals surface area contributed by atoms with Crippen molar-refractivity contribution in [3.63, 3.8) is 0 Å². The highest BCUT2D eigenvalue weighted by Gasteiger charge is 2.37. The average molecular weight is 436 g/mol. The van der Waals surface area contributed by atoms with Crippen molar-refractivity contribution in [3.8, 4) is 0 Å². The zero-order chi connectivity index (χ0) is 21.6. The lowest BCUT2D eigenvalue weighted by Crippen LogP contribution is -2.52. The number of carboxylic acids is 2. The van der Waals surface area contributed by atoms with Gasteiger partial charge in [0, 0.05) is 61.9 Å². The summed E-state index contributed by atoms with van der Waals surface area (Å²) in [6.45, 7) is 2.30. The molecule has 10 heteroatoms. The second-order valence-electron chi connectivity index (χ2n) is 8.10. The van der Waals surface area contributed by atoms with E-state index in [1.54, 1.807) is 29.9 Å². The molecule has 2 aliphatic heterocycles. The molecule has 0 amide bonds. The predicted octanol–water partition coefficient (Wildman–Crippen LogP) is 0.807. The Balaban J connectivity index is 1.57. The normalized spacial score (nSPS) is 23.6. The number of carbonyl (C=O) groups is 2. The van der Waals surface area contributed by atoms with Crippen LogP contribution < -0.4 is 0 Å². The number of hydrogen-bond donors (Lipinski definition) is 2. The summed E-state index contributed by atoms with van der Waals surface area (Å²) >= 11 is 0. The first kappa shape index (κ1) is 20.8. The van der Waals surface area contributed by atoms with E-state index in [2.05, 4.69) is 4.90 Å². The van der Waals surface area contributed by atoms with E-state index in [-0.39, 0.29) is 23.1 Å². The molecular weight excluding hydrogens is 410 g/mol. The molecule has 3 heterocycles. The first-order chi connectivity index (χ1) is 14.2. The Hall–Kier alpha value is -2.43. The van der Waals surface area contributed by atoms with Crippen LogP contribution in [-0.2, 0) is 21.7 Å². The zero-order valence-electron chi connectivity index (χ0n) is 16.7. The average Bonchev–Trinajstić information content (AvgIpc) is 3.21. The molecule has 2 aliphatic rings. The van der Waals surface area contributed by atoms with Gasteiger partial charge in [-0.2, -0.15) is 0 Å². The molecule has 0 bridgehead atoms. The van der Waals surface area contributed by atoms with E-state index in [0.29, 0.717) is 43.7 Å². The minimum Gasteiger partial charge on any atom is -0.480 e. The molecule has 2 aromatic rings. The smallest absolute Gasteiger partial charge is 0.335 e. The lowest BCUT2D eigenvalue weighted by molar-refractivity contribution is -0.144. The quantitative estimate of drug-likeness (QED) is 0.708. The van der Waals surface area contributed by atoms with Gasteiger partial charge < -0.3 is 14.8 Å². The molecule has 30 heavy (non-hydrogen) atoms. The van der Waals surface area contributed by atoms with Gasteiger partial charge in [0.1, 0.15) is 6.04 Å². The van der Waals surface area contributed by atoms with Crippen molar-refractivity contribution in [1.29, 1.82) is 0 Å². The van der Waals surface area contributed by atoms with Crippen LogP contribution in [-0.4, -0.2) is 88.7 Å². The van der Waals surface area contributed by atoms with Gasteiger partial charge in [-0.25, -0.2) is 13.2 Å². The molecular formula is C20H25N3O6S. The predicted molar refractivity (Wildman–Crippen MR) is 110 cm³/mol. The third-order valence-corrected chi connectivity index (χ3v) is 7.99. The van der Waals surface area contributed by atoms with Crippen molar-refractivity contribution in [3.05, 3.63) is 35.5 Å². The number of piperazine rings is 1. The SMILES string of the molecule is Cn1cc(C(C(=O)O)N2CCN(C3CCS(=O)(=O)C3)CC2)c2ccc(C(=O)O)cc21. The number of sulfone groups is 1. The first-order valence-electron chi connectivity index (χ1n) is 9.90. The fourth-order valence-electron chi connectivity index (χ4n) is 4.68. The largest absolute Gasteiger partial charge is 0.480 e. The molecule has 2 fully saturated rings. The van der Waals surface area contributed by atoms with Gasteiger partial charge in [-0.3, -0.25) is 14.6 Å². The molecule has 162 valence electrons. The maximum Gasteiger partial charge on any atom is 0.335 e. The van der Waals surface area contributed by atoms with E-state index in [9.17, 15) is 28.2 Å². The van der Waals surface area contributed by atoms with Crippen molar-refractivity contribution < 1.29 is 28.2 Å². The van der Waals surface area contributed by atoms with E-state index in [1.807, 2.05) is 4.90 Å². The minimum atomic E-state index is -2.96. The maximum absolute atomic E-state index is 12.2. The van der Waals surface area contributed by atoms with Gasteiger partial charge in [0.05, 0.1) is 17.1 Å². The van der Waals surface area contributed by atoms with Gasteiger partial charge in [-0.1, -0.05) is 6.07 Å². The highest BCUT2D eigenvalue weighted by atomic mass is 32.2. The third-order valence-electron chi connectivity index (χ3n) is 6.24. The van der Waals surface area contributed by atoms with Crippen LogP contribution in [0.5, 0.6) is 0 Å². The van der Waals surface area contributed by atoms with Gasteiger partial charge >= 0.3 is 11.9 Å². The Morgan fingerprint density at radius 2 is 1.83 bits per heavy atom. The van der Waals surface area contributed by atoms with Crippen LogP contribution in [0.2, 0.25) is 0 Å². The number of hydrogen-bond acceptors (Lipinski definition) is 6. The van der Waals surface area contributed by atoms with Crippen molar-refractivity contribution in [1.82, 2.24) is 14.4 Å². The Labute approximate surface area is 174 Å². The Kier molecular flexibility index (Phi) is 5.33. The van der Waals surface area contributed by atoms with Gasteiger partial charge in [0.2, 0.25) is 0 Å². The van der Waals surface area contributed by atoms with E-state index >= 15 is 0 Å². The molecule has 2 atom stereocenters. The van der Waals surface area contributed by atoms with Crippen molar-refractivity contribution in [2.45, 2.75) is 18.5 Å². The number of aromatic carboxylic acids is 1. The Bertz CT molecular complexity index is 1100. The summed E-state index contributed by atoms with van der Waals surface area (Å²) in [6, 6.07) is 3.89. The standard InChI is InChI=1S/C20H25N3O6S/c1-21-11-16(15-3-2-13(19(24)25)10-17(15)21)18(20(26)27)23-7-5-22(6-8-23)14-4-9-30(28,29)12-14/h2-3,10-11,14,18H,4-9,12H2,1H3,(H,24,25)(H,26,27). The summed E-state index contributed by atoms with van der Waals surface area (Å²) in [7, 11) is -1.18. The monoisotopic (exact) mass is 435 g/mol.